The number of Topliss-reactive ketones (excluding diaryl/α,β-unsaturated/α-hetero) is 1. The highest BCUT2D eigenvalue weighted by Gasteiger charge is 2.49. The van der Waals surface area contributed by atoms with Crippen LogP contribution in [0.15, 0.2) is 35.7 Å². The van der Waals surface area contributed by atoms with E-state index in [9.17, 15) is 14.4 Å². The normalized spacial score (nSPS) is 19.4. The van der Waals surface area contributed by atoms with Gasteiger partial charge in [0.2, 0.25) is 0 Å². The molecule has 26 heavy (non-hydrogen) atoms. The number of rotatable bonds is 6. The fourth-order valence-corrected chi connectivity index (χ4v) is 3.50. The minimum Gasteiger partial charge on any atom is -0.493 e. The van der Waals surface area contributed by atoms with Crippen LogP contribution in [0, 0.1) is 0 Å². The van der Waals surface area contributed by atoms with Gasteiger partial charge in [-0.3, -0.25) is 14.5 Å². The van der Waals surface area contributed by atoms with Crippen LogP contribution >= 0.6 is 11.3 Å². The van der Waals surface area contributed by atoms with Crippen molar-refractivity contribution >= 4 is 29.1 Å². The molecule has 8 heteroatoms. The molecule has 1 aromatic carbocycles. The molecule has 0 aliphatic carbocycles. The van der Waals surface area contributed by atoms with Crippen molar-refractivity contribution < 1.29 is 23.9 Å². The Morgan fingerprint density at radius 2 is 1.92 bits per heavy atom. The van der Waals surface area contributed by atoms with Crippen molar-refractivity contribution in [2.45, 2.75) is 12.5 Å². The number of methoxy groups -OCH3 is 2. The first-order chi connectivity index (χ1) is 12.4. The third kappa shape index (κ3) is 2.92. The van der Waals surface area contributed by atoms with Crippen molar-refractivity contribution in [2.24, 2.45) is 0 Å². The average Bonchev–Trinajstić information content (AvgIpc) is 3.25. The molecule has 1 aromatic heterocycles. The zero-order valence-electron chi connectivity index (χ0n) is 14.6. The standard InChI is InChI=1S/C18H18N2O5S/c1-18(11-6-7-13(24-2)14(9-11)25-3)16(22)20(17(23)19-18)10-12(21)15-5-4-8-26-15/h4-9H,10H2,1-3H3,(H,19,23)/t18-/m1/s1. The third-order valence-electron chi connectivity index (χ3n) is 4.33. The van der Waals surface area contributed by atoms with E-state index < -0.39 is 17.5 Å². The summed E-state index contributed by atoms with van der Waals surface area (Å²) in [5.74, 6) is 0.197. The Balaban J connectivity index is 1.88. The van der Waals surface area contributed by atoms with E-state index in [1.165, 1.54) is 25.6 Å². The van der Waals surface area contributed by atoms with Crippen LogP contribution in [-0.4, -0.2) is 43.4 Å². The summed E-state index contributed by atoms with van der Waals surface area (Å²) in [6.45, 7) is 1.30. The minimum atomic E-state index is -1.29. The van der Waals surface area contributed by atoms with E-state index in [0.717, 1.165) is 4.90 Å². The number of carbonyl (C=O) groups is 3. The predicted octanol–water partition coefficient (Wildman–Crippen LogP) is 2.42. The summed E-state index contributed by atoms with van der Waals surface area (Å²) in [7, 11) is 3.00. The van der Waals surface area contributed by atoms with Crippen molar-refractivity contribution in [2.75, 3.05) is 20.8 Å². The highest BCUT2D eigenvalue weighted by atomic mass is 32.1. The van der Waals surface area contributed by atoms with E-state index in [1.54, 1.807) is 42.6 Å². The molecule has 0 unspecified atom stereocenters. The van der Waals surface area contributed by atoms with Crippen LogP contribution < -0.4 is 14.8 Å². The molecule has 0 radical (unpaired) electrons. The maximum Gasteiger partial charge on any atom is 0.325 e. The fourth-order valence-electron chi connectivity index (χ4n) is 2.84. The van der Waals surface area contributed by atoms with Crippen molar-refractivity contribution in [3.8, 4) is 11.5 Å². The third-order valence-corrected chi connectivity index (χ3v) is 5.24. The molecule has 0 bridgehead atoms. The molecule has 1 fully saturated rings. The number of hydrogen-bond donors (Lipinski definition) is 1. The number of nitrogens with zero attached hydrogens (tertiary/aromatic N) is 1. The fraction of sp³-hybridized carbons (Fsp3) is 0.278. The van der Waals surface area contributed by atoms with E-state index in [0.29, 0.717) is 21.9 Å². The van der Waals surface area contributed by atoms with E-state index in [1.807, 2.05) is 0 Å². The van der Waals surface area contributed by atoms with Gasteiger partial charge in [-0.15, -0.1) is 11.3 Å². The Hall–Kier alpha value is -2.87. The number of urea groups is 1. The highest BCUT2D eigenvalue weighted by molar-refractivity contribution is 7.12. The van der Waals surface area contributed by atoms with Crippen LogP contribution in [0.5, 0.6) is 11.5 Å². The lowest BCUT2D eigenvalue weighted by atomic mass is 9.91. The number of amides is 3. The molecule has 1 atom stereocenters. The monoisotopic (exact) mass is 374 g/mol. The van der Waals surface area contributed by atoms with Gasteiger partial charge in [0.25, 0.3) is 5.91 Å². The van der Waals surface area contributed by atoms with E-state index >= 15 is 0 Å². The van der Waals surface area contributed by atoms with Gasteiger partial charge in [0.15, 0.2) is 17.3 Å². The number of thiophene rings is 1. The largest absolute Gasteiger partial charge is 0.493 e. The number of hydrogen-bond acceptors (Lipinski definition) is 6. The van der Waals surface area contributed by atoms with Crippen molar-refractivity contribution in [3.63, 3.8) is 0 Å². The molecular weight excluding hydrogens is 356 g/mol. The number of nitrogens with one attached hydrogen (secondary N) is 1. The molecule has 0 saturated carbocycles. The van der Waals surface area contributed by atoms with Gasteiger partial charge < -0.3 is 14.8 Å². The Bertz CT molecular complexity index is 864. The maximum atomic E-state index is 12.9. The van der Waals surface area contributed by atoms with Crippen LogP contribution in [0.25, 0.3) is 0 Å². The van der Waals surface area contributed by atoms with Gasteiger partial charge in [0.05, 0.1) is 25.6 Å². The first-order valence-corrected chi connectivity index (χ1v) is 8.72. The predicted molar refractivity (Wildman–Crippen MR) is 95.8 cm³/mol. The van der Waals surface area contributed by atoms with Crippen LogP contribution in [0.3, 0.4) is 0 Å². The summed E-state index contributed by atoms with van der Waals surface area (Å²) in [4.78, 5) is 39.0. The topological polar surface area (TPSA) is 84.9 Å². The highest BCUT2D eigenvalue weighted by Crippen LogP contribution is 2.35. The molecule has 2 aromatic rings. The molecule has 2 heterocycles. The molecular formula is C18H18N2O5S. The summed E-state index contributed by atoms with van der Waals surface area (Å²) >= 11 is 1.27. The summed E-state index contributed by atoms with van der Waals surface area (Å²) < 4.78 is 10.5. The zero-order chi connectivity index (χ0) is 18.9. The molecule has 3 amide bonds. The van der Waals surface area contributed by atoms with Gasteiger partial charge in [0, 0.05) is 0 Å². The number of imide groups is 1. The molecule has 7 nitrogen and oxygen atoms in total. The molecule has 3 rings (SSSR count). The zero-order valence-corrected chi connectivity index (χ0v) is 15.4. The van der Waals surface area contributed by atoms with Gasteiger partial charge in [-0.05, 0) is 36.1 Å². The SMILES string of the molecule is COc1ccc([C@@]2(C)NC(=O)N(CC(=O)c3cccs3)C2=O)cc1OC. The van der Waals surface area contributed by atoms with Gasteiger partial charge in [-0.1, -0.05) is 12.1 Å². The molecule has 0 spiro atoms. The van der Waals surface area contributed by atoms with E-state index in [2.05, 4.69) is 5.32 Å². The second-order valence-corrected chi connectivity index (χ2v) is 6.86. The van der Waals surface area contributed by atoms with Crippen LogP contribution in [0.1, 0.15) is 22.2 Å². The quantitative estimate of drug-likeness (QED) is 0.620. The number of ether oxygens (including phenoxy) is 2. The van der Waals surface area contributed by atoms with E-state index in [4.69, 9.17) is 9.47 Å². The summed E-state index contributed by atoms with van der Waals surface area (Å²) in [6, 6.07) is 7.80. The van der Waals surface area contributed by atoms with Crippen LogP contribution in [0.4, 0.5) is 4.79 Å². The Kier molecular flexibility index (Phi) is 4.69. The van der Waals surface area contributed by atoms with Gasteiger partial charge >= 0.3 is 6.03 Å². The Labute approximate surface area is 154 Å². The molecule has 1 N–H and O–H groups in total. The lowest BCUT2D eigenvalue weighted by Gasteiger charge is -2.23. The van der Waals surface area contributed by atoms with Gasteiger partial charge in [-0.25, -0.2) is 4.79 Å². The van der Waals surface area contributed by atoms with Gasteiger partial charge in [0.1, 0.15) is 5.54 Å². The lowest BCUT2D eigenvalue weighted by molar-refractivity contribution is -0.130. The average molecular weight is 374 g/mol. The first kappa shape index (κ1) is 17.9. The van der Waals surface area contributed by atoms with Crippen molar-refractivity contribution in [1.29, 1.82) is 0 Å². The number of benzene rings is 1. The smallest absolute Gasteiger partial charge is 0.325 e. The Morgan fingerprint density at radius 1 is 1.19 bits per heavy atom. The second kappa shape index (κ2) is 6.80. The summed E-state index contributed by atoms with van der Waals surface area (Å²) in [5, 5.41) is 4.45. The van der Waals surface area contributed by atoms with Crippen LogP contribution in [-0.2, 0) is 10.3 Å². The van der Waals surface area contributed by atoms with Crippen molar-refractivity contribution in [1.82, 2.24) is 10.2 Å². The molecule has 1 saturated heterocycles. The first-order valence-electron chi connectivity index (χ1n) is 7.84. The van der Waals surface area contributed by atoms with E-state index in [-0.39, 0.29) is 12.3 Å². The summed E-state index contributed by atoms with van der Waals surface area (Å²) in [6.07, 6.45) is 0. The number of carbonyl (C=O) groups excluding carboxylic acids is 3. The minimum absolute atomic E-state index is 0.278. The molecule has 1 aliphatic heterocycles. The molecule has 1 aliphatic rings. The maximum absolute atomic E-state index is 12.9. The van der Waals surface area contributed by atoms with Gasteiger partial charge in [-0.2, -0.15) is 0 Å². The lowest BCUT2D eigenvalue weighted by Crippen LogP contribution is -2.41. The second-order valence-electron chi connectivity index (χ2n) is 5.92. The summed E-state index contributed by atoms with van der Waals surface area (Å²) in [5.41, 5.74) is -0.744. The molecule has 136 valence electrons. The number of ketones is 1. The Morgan fingerprint density at radius 3 is 2.54 bits per heavy atom. The van der Waals surface area contributed by atoms with Crippen LogP contribution in [0.2, 0.25) is 0 Å². The van der Waals surface area contributed by atoms with Crippen molar-refractivity contribution in [3.05, 3.63) is 46.2 Å².